The Hall–Kier alpha value is -1.69. The molecular weight excluding hydrogens is 280 g/mol. The third kappa shape index (κ3) is 2.40. The monoisotopic (exact) mass is 289 g/mol. The molecule has 1 aliphatic rings. The Labute approximate surface area is 112 Å². The normalized spacial score (nSPS) is 22.2. The minimum absolute atomic E-state index is 0.0383. The van der Waals surface area contributed by atoms with Gasteiger partial charge in [0.2, 0.25) is 5.91 Å². The van der Waals surface area contributed by atoms with E-state index in [4.69, 9.17) is 11.6 Å². The fourth-order valence-corrected chi connectivity index (χ4v) is 2.28. The van der Waals surface area contributed by atoms with E-state index in [-0.39, 0.29) is 17.1 Å². The van der Waals surface area contributed by atoms with Crippen molar-refractivity contribution in [3.05, 3.63) is 34.4 Å². The van der Waals surface area contributed by atoms with E-state index in [1.54, 1.807) is 0 Å². The lowest BCUT2D eigenvalue weighted by molar-refractivity contribution is -0.149. The summed E-state index contributed by atoms with van der Waals surface area (Å²) in [6.45, 7) is 0.0383. The number of nitrogens with one attached hydrogen (secondary N) is 1. The molecule has 1 aliphatic heterocycles. The molecule has 1 N–H and O–H groups in total. The number of carbonyl (C=O) groups is 2. The second-order valence-electron chi connectivity index (χ2n) is 4.14. The average molecular weight is 290 g/mol. The zero-order chi connectivity index (χ0) is 14.2. The number of methoxy groups -OCH3 is 1. The van der Waals surface area contributed by atoms with Crippen molar-refractivity contribution in [3.63, 3.8) is 0 Å². The fraction of sp³-hybridized carbons (Fsp3) is 0.333. The fourth-order valence-electron chi connectivity index (χ4n) is 2.13. The Morgan fingerprint density at radius 3 is 2.74 bits per heavy atom. The van der Waals surface area contributed by atoms with E-state index in [1.807, 2.05) is 0 Å². The largest absolute Gasteiger partial charge is 0.468 e. The topological polar surface area (TPSA) is 55.4 Å². The zero-order valence-electron chi connectivity index (χ0n) is 9.88. The maximum absolute atomic E-state index is 13.8. The van der Waals surface area contributed by atoms with Gasteiger partial charge in [0.15, 0.2) is 0 Å². The number of rotatable bonds is 2. The molecule has 0 saturated carbocycles. The highest BCUT2D eigenvalue weighted by Crippen LogP contribution is 2.33. The first-order chi connectivity index (χ1) is 8.95. The van der Waals surface area contributed by atoms with Crippen LogP contribution in [0.25, 0.3) is 0 Å². The van der Waals surface area contributed by atoms with Gasteiger partial charge in [0.05, 0.1) is 12.1 Å². The molecule has 1 heterocycles. The van der Waals surface area contributed by atoms with E-state index < -0.39 is 35.3 Å². The molecule has 1 amide bonds. The minimum Gasteiger partial charge on any atom is -0.468 e. The molecular formula is C12H10ClF2NO3. The Morgan fingerprint density at radius 2 is 2.11 bits per heavy atom. The van der Waals surface area contributed by atoms with Gasteiger partial charge in [-0.3, -0.25) is 9.59 Å². The van der Waals surface area contributed by atoms with E-state index in [2.05, 4.69) is 10.1 Å². The molecule has 4 nitrogen and oxygen atoms in total. The molecule has 1 aromatic rings. The molecule has 2 atom stereocenters. The molecule has 19 heavy (non-hydrogen) atoms. The van der Waals surface area contributed by atoms with Gasteiger partial charge >= 0.3 is 5.97 Å². The summed E-state index contributed by atoms with van der Waals surface area (Å²) >= 11 is 5.46. The van der Waals surface area contributed by atoms with Crippen LogP contribution in [0.5, 0.6) is 0 Å². The number of carbonyl (C=O) groups excluding carboxylic acids is 2. The quantitative estimate of drug-likeness (QED) is 0.511. The summed E-state index contributed by atoms with van der Waals surface area (Å²) in [4.78, 5) is 23.1. The smallest absolute Gasteiger partial charge is 0.318 e. The first kappa shape index (κ1) is 13.7. The van der Waals surface area contributed by atoms with Crippen LogP contribution >= 0.6 is 11.6 Å². The molecule has 0 bridgehead atoms. The lowest BCUT2D eigenvalue weighted by atomic mass is 9.88. The third-order valence-corrected chi connectivity index (χ3v) is 3.36. The van der Waals surface area contributed by atoms with Crippen LogP contribution in [0, 0.1) is 17.6 Å². The molecule has 7 heteroatoms. The van der Waals surface area contributed by atoms with Crippen molar-refractivity contribution >= 4 is 23.5 Å². The van der Waals surface area contributed by atoms with Crippen molar-refractivity contribution in [2.75, 3.05) is 13.7 Å². The molecule has 1 saturated heterocycles. The summed E-state index contributed by atoms with van der Waals surface area (Å²) < 4.78 is 31.7. The second kappa shape index (κ2) is 5.13. The predicted octanol–water partition coefficient (Wildman–Crippen LogP) is 1.62. The van der Waals surface area contributed by atoms with Crippen molar-refractivity contribution in [1.29, 1.82) is 0 Å². The highest BCUT2D eigenvalue weighted by atomic mass is 35.5. The van der Waals surface area contributed by atoms with Crippen LogP contribution in [0.3, 0.4) is 0 Å². The van der Waals surface area contributed by atoms with Crippen LogP contribution in [0.4, 0.5) is 8.78 Å². The average Bonchev–Trinajstić information content (AvgIpc) is 2.74. The number of hydrogen-bond acceptors (Lipinski definition) is 3. The summed E-state index contributed by atoms with van der Waals surface area (Å²) in [5.41, 5.74) is -0.0735. The van der Waals surface area contributed by atoms with Crippen LogP contribution in [0.15, 0.2) is 12.1 Å². The number of benzene rings is 1. The van der Waals surface area contributed by atoms with Gasteiger partial charge in [-0.1, -0.05) is 11.6 Å². The van der Waals surface area contributed by atoms with Gasteiger partial charge in [0, 0.05) is 12.5 Å². The summed E-state index contributed by atoms with van der Waals surface area (Å²) in [6.07, 6.45) is 0. The lowest BCUT2D eigenvalue weighted by Crippen LogP contribution is -2.28. The third-order valence-electron chi connectivity index (χ3n) is 3.08. The van der Waals surface area contributed by atoms with Crippen molar-refractivity contribution in [1.82, 2.24) is 5.32 Å². The Bertz CT molecular complexity index is 550. The number of amides is 1. The molecule has 1 aromatic carbocycles. The van der Waals surface area contributed by atoms with Gasteiger partial charge in [-0.05, 0) is 17.7 Å². The lowest BCUT2D eigenvalue weighted by Gasteiger charge is -2.16. The zero-order valence-corrected chi connectivity index (χ0v) is 10.6. The van der Waals surface area contributed by atoms with Crippen LogP contribution in [0.1, 0.15) is 11.5 Å². The standard InChI is InChI=1S/C12H10ClF2NO3/c1-19-12(18)10-6(4-16-11(10)17)5-2-9(15)7(13)3-8(5)14/h2-3,6,10H,4H2,1H3,(H,16,17)/t6-,10-/m0/s1. The minimum atomic E-state index is -1.18. The summed E-state index contributed by atoms with van der Waals surface area (Å²) in [5, 5.41) is 2.08. The SMILES string of the molecule is COC(=O)[C@@H]1C(=O)NC[C@H]1c1cc(F)c(Cl)cc1F. The van der Waals surface area contributed by atoms with Crippen LogP contribution in [-0.4, -0.2) is 25.5 Å². The van der Waals surface area contributed by atoms with Gasteiger partial charge in [-0.15, -0.1) is 0 Å². The highest BCUT2D eigenvalue weighted by molar-refractivity contribution is 6.30. The predicted molar refractivity (Wildman–Crippen MR) is 62.6 cm³/mol. The van der Waals surface area contributed by atoms with E-state index in [9.17, 15) is 18.4 Å². The van der Waals surface area contributed by atoms with Gasteiger partial charge < -0.3 is 10.1 Å². The van der Waals surface area contributed by atoms with E-state index in [0.717, 1.165) is 19.2 Å². The van der Waals surface area contributed by atoms with E-state index in [0.29, 0.717) is 0 Å². The van der Waals surface area contributed by atoms with Gasteiger partial charge in [-0.2, -0.15) is 0 Å². The van der Waals surface area contributed by atoms with Gasteiger partial charge in [-0.25, -0.2) is 8.78 Å². The Balaban J connectivity index is 2.43. The van der Waals surface area contributed by atoms with Crippen molar-refractivity contribution in [3.8, 4) is 0 Å². The van der Waals surface area contributed by atoms with E-state index in [1.165, 1.54) is 0 Å². The summed E-state index contributed by atoms with van der Waals surface area (Å²) in [7, 11) is 1.13. The van der Waals surface area contributed by atoms with Crippen molar-refractivity contribution < 1.29 is 23.1 Å². The Morgan fingerprint density at radius 1 is 1.42 bits per heavy atom. The number of esters is 1. The van der Waals surface area contributed by atoms with Crippen LogP contribution in [0.2, 0.25) is 5.02 Å². The molecule has 0 aromatic heterocycles. The number of halogens is 3. The maximum Gasteiger partial charge on any atom is 0.318 e. The summed E-state index contributed by atoms with van der Waals surface area (Å²) in [5.74, 6) is -4.91. The highest BCUT2D eigenvalue weighted by Gasteiger charge is 2.43. The number of ether oxygens (including phenoxy) is 1. The van der Waals surface area contributed by atoms with E-state index >= 15 is 0 Å². The van der Waals surface area contributed by atoms with Crippen LogP contribution < -0.4 is 5.32 Å². The van der Waals surface area contributed by atoms with Crippen molar-refractivity contribution in [2.24, 2.45) is 5.92 Å². The molecule has 0 aliphatic carbocycles. The Kier molecular flexibility index (Phi) is 3.71. The first-order valence-electron chi connectivity index (χ1n) is 5.45. The molecule has 102 valence electrons. The number of hydrogen-bond donors (Lipinski definition) is 1. The molecule has 0 unspecified atom stereocenters. The second-order valence-corrected chi connectivity index (χ2v) is 4.55. The molecule has 2 rings (SSSR count). The first-order valence-corrected chi connectivity index (χ1v) is 5.83. The molecule has 1 fully saturated rings. The van der Waals surface area contributed by atoms with Crippen LogP contribution in [-0.2, 0) is 14.3 Å². The maximum atomic E-state index is 13.8. The summed E-state index contributed by atoms with van der Waals surface area (Å²) in [6, 6.07) is 1.72. The molecule has 0 spiro atoms. The van der Waals surface area contributed by atoms with Crippen molar-refractivity contribution in [2.45, 2.75) is 5.92 Å². The molecule has 0 radical (unpaired) electrons. The van der Waals surface area contributed by atoms with Gasteiger partial charge in [0.1, 0.15) is 17.6 Å². The van der Waals surface area contributed by atoms with Gasteiger partial charge in [0.25, 0.3) is 0 Å².